The molecule has 38 valence electrons. The van der Waals surface area contributed by atoms with Gasteiger partial charge in [-0.05, 0) is 6.92 Å². The molecule has 0 saturated carbocycles. The molecule has 0 unspecified atom stereocenters. The van der Waals surface area contributed by atoms with Crippen LogP contribution in [0, 0.1) is 6.92 Å². The third kappa shape index (κ3) is 0.899. The minimum atomic E-state index is 0.289. The van der Waals surface area contributed by atoms with Gasteiger partial charge in [0, 0.05) is 17.6 Å². The molecule has 0 bridgehead atoms. The van der Waals surface area contributed by atoms with Crippen molar-refractivity contribution >= 4 is 11.5 Å². The number of aryl methyl sites for hydroxylation is 1. The number of aromatic hydroxyl groups is 1. The molecule has 1 N–H and O–H groups in total. The lowest BCUT2D eigenvalue weighted by molar-refractivity contribution is 0.490. The summed E-state index contributed by atoms with van der Waals surface area (Å²) in [6.45, 7) is 1.84. The third-order valence-corrected chi connectivity index (χ3v) is 1.30. The monoisotopic (exact) mass is 115 g/mol. The number of hydrogen-bond acceptors (Lipinski definition) is 3. The first-order valence-corrected chi connectivity index (χ1v) is 2.68. The van der Waals surface area contributed by atoms with Gasteiger partial charge in [0.2, 0.25) is 0 Å². The van der Waals surface area contributed by atoms with Crippen LogP contribution in [0.1, 0.15) is 5.69 Å². The Hall–Kier alpha value is -0.570. The molecule has 0 aliphatic rings. The fraction of sp³-hybridized carbons (Fsp3) is 0.250. The first-order valence-electron chi connectivity index (χ1n) is 1.91. The standard InChI is InChI=1S/C4H5NOS/c1-3-2-4(6)7-5-3/h2,6H,1H3. The van der Waals surface area contributed by atoms with Crippen LogP contribution in [0.3, 0.4) is 0 Å². The SMILES string of the molecule is Cc1cc(O)sn1. The Labute approximate surface area is 45.6 Å². The van der Waals surface area contributed by atoms with Crippen molar-refractivity contribution in [3.63, 3.8) is 0 Å². The highest BCUT2D eigenvalue weighted by Gasteiger charge is 1.89. The summed E-state index contributed by atoms with van der Waals surface area (Å²) in [4.78, 5) is 0. The minimum absolute atomic E-state index is 0.289. The molecule has 7 heavy (non-hydrogen) atoms. The van der Waals surface area contributed by atoms with Gasteiger partial charge in [-0.1, -0.05) is 0 Å². The number of rotatable bonds is 0. The van der Waals surface area contributed by atoms with Gasteiger partial charge in [0.1, 0.15) is 0 Å². The second-order valence-corrected chi connectivity index (χ2v) is 2.09. The maximum absolute atomic E-state index is 8.61. The normalized spacial score (nSPS) is 9.29. The van der Waals surface area contributed by atoms with Crippen LogP contribution in [0.25, 0.3) is 0 Å². The molecule has 1 rings (SSSR count). The van der Waals surface area contributed by atoms with Crippen molar-refractivity contribution in [3.8, 4) is 5.06 Å². The van der Waals surface area contributed by atoms with E-state index in [2.05, 4.69) is 4.37 Å². The average molecular weight is 115 g/mol. The van der Waals surface area contributed by atoms with E-state index in [-0.39, 0.29) is 5.06 Å². The average Bonchev–Trinajstić information content (AvgIpc) is 1.87. The maximum atomic E-state index is 8.61. The van der Waals surface area contributed by atoms with E-state index in [9.17, 15) is 0 Å². The molecule has 0 radical (unpaired) electrons. The van der Waals surface area contributed by atoms with Gasteiger partial charge in [-0.2, -0.15) is 4.37 Å². The van der Waals surface area contributed by atoms with Crippen molar-refractivity contribution in [1.82, 2.24) is 4.37 Å². The molecule has 1 heterocycles. The zero-order valence-electron chi connectivity index (χ0n) is 3.88. The van der Waals surface area contributed by atoms with E-state index in [0.29, 0.717) is 0 Å². The molecule has 0 amide bonds. The van der Waals surface area contributed by atoms with Gasteiger partial charge in [-0.15, -0.1) is 0 Å². The fourth-order valence-electron chi connectivity index (χ4n) is 0.350. The number of nitrogens with zero attached hydrogens (tertiary/aromatic N) is 1. The first kappa shape index (κ1) is 4.59. The Morgan fingerprint density at radius 3 is 2.71 bits per heavy atom. The van der Waals surface area contributed by atoms with Gasteiger partial charge in [0.05, 0.1) is 5.69 Å². The maximum Gasteiger partial charge on any atom is 0.191 e. The van der Waals surface area contributed by atoms with Crippen molar-refractivity contribution in [3.05, 3.63) is 11.8 Å². The summed E-state index contributed by atoms with van der Waals surface area (Å²) in [5, 5.41) is 8.90. The Bertz CT molecular complexity index is 144. The molecule has 0 aromatic carbocycles. The summed E-state index contributed by atoms with van der Waals surface area (Å²) in [5.41, 5.74) is 0.877. The molecule has 0 fully saturated rings. The predicted octanol–water partition coefficient (Wildman–Crippen LogP) is 1.16. The van der Waals surface area contributed by atoms with Crippen molar-refractivity contribution in [2.24, 2.45) is 0 Å². The van der Waals surface area contributed by atoms with Crippen LogP contribution in [0.15, 0.2) is 6.07 Å². The largest absolute Gasteiger partial charge is 0.498 e. The van der Waals surface area contributed by atoms with Gasteiger partial charge in [-0.3, -0.25) is 0 Å². The predicted molar refractivity (Wildman–Crippen MR) is 28.5 cm³/mol. The first-order chi connectivity index (χ1) is 3.29. The molecule has 0 spiro atoms. The van der Waals surface area contributed by atoms with E-state index in [4.69, 9.17) is 5.11 Å². The molecule has 2 nitrogen and oxygen atoms in total. The second kappa shape index (κ2) is 1.50. The smallest absolute Gasteiger partial charge is 0.191 e. The molecule has 0 aliphatic carbocycles. The van der Waals surface area contributed by atoms with Crippen molar-refractivity contribution in [1.29, 1.82) is 0 Å². The lowest BCUT2D eigenvalue weighted by Crippen LogP contribution is -1.58. The lowest BCUT2D eigenvalue weighted by Gasteiger charge is -1.67. The van der Waals surface area contributed by atoms with Crippen LogP contribution < -0.4 is 0 Å². The molecule has 1 aromatic rings. The van der Waals surface area contributed by atoms with Crippen molar-refractivity contribution in [2.75, 3.05) is 0 Å². The number of aromatic nitrogens is 1. The molecule has 1 aromatic heterocycles. The van der Waals surface area contributed by atoms with Gasteiger partial charge < -0.3 is 5.11 Å². The second-order valence-electron chi connectivity index (χ2n) is 1.31. The lowest BCUT2D eigenvalue weighted by atomic mass is 10.5. The molecular weight excluding hydrogens is 110 g/mol. The molecule has 0 atom stereocenters. The van der Waals surface area contributed by atoms with Crippen LogP contribution in [-0.2, 0) is 0 Å². The van der Waals surface area contributed by atoms with Crippen molar-refractivity contribution < 1.29 is 5.11 Å². The zero-order chi connectivity index (χ0) is 5.28. The Morgan fingerprint density at radius 1 is 1.86 bits per heavy atom. The van der Waals surface area contributed by atoms with E-state index >= 15 is 0 Å². The molecular formula is C4H5NOS. The summed E-state index contributed by atoms with van der Waals surface area (Å²) in [6, 6.07) is 1.63. The highest BCUT2D eigenvalue weighted by atomic mass is 32.1. The summed E-state index contributed by atoms with van der Waals surface area (Å²) < 4.78 is 3.81. The molecule has 0 saturated heterocycles. The summed E-state index contributed by atoms with van der Waals surface area (Å²) in [7, 11) is 0. The molecule has 0 aliphatic heterocycles. The molecule has 3 heteroatoms. The van der Waals surface area contributed by atoms with E-state index in [1.165, 1.54) is 0 Å². The quantitative estimate of drug-likeness (QED) is 0.550. The highest BCUT2D eigenvalue weighted by Crippen LogP contribution is 2.14. The summed E-state index contributed by atoms with van der Waals surface area (Å²) >= 11 is 1.11. The van der Waals surface area contributed by atoms with Crippen LogP contribution in [0.4, 0.5) is 0 Å². The number of hydrogen-bond donors (Lipinski definition) is 1. The fourth-order valence-corrected chi connectivity index (χ4v) is 0.864. The van der Waals surface area contributed by atoms with Gasteiger partial charge in [-0.25, -0.2) is 0 Å². The van der Waals surface area contributed by atoms with E-state index in [0.717, 1.165) is 17.2 Å². The van der Waals surface area contributed by atoms with Gasteiger partial charge in [0.15, 0.2) is 5.06 Å². The van der Waals surface area contributed by atoms with E-state index in [1.54, 1.807) is 6.07 Å². The Balaban J connectivity index is 3.04. The van der Waals surface area contributed by atoms with Crippen LogP contribution in [-0.4, -0.2) is 9.48 Å². The van der Waals surface area contributed by atoms with Gasteiger partial charge >= 0.3 is 0 Å². The van der Waals surface area contributed by atoms with Crippen LogP contribution >= 0.6 is 11.5 Å². The Morgan fingerprint density at radius 2 is 2.57 bits per heavy atom. The van der Waals surface area contributed by atoms with E-state index < -0.39 is 0 Å². The topological polar surface area (TPSA) is 33.1 Å². The Kier molecular flexibility index (Phi) is 0.982. The third-order valence-electron chi connectivity index (χ3n) is 0.616. The minimum Gasteiger partial charge on any atom is -0.498 e. The van der Waals surface area contributed by atoms with Crippen molar-refractivity contribution in [2.45, 2.75) is 6.92 Å². The summed E-state index contributed by atoms with van der Waals surface area (Å²) in [6.07, 6.45) is 0. The van der Waals surface area contributed by atoms with Crippen LogP contribution in [0.2, 0.25) is 0 Å². The highest BCUT2D eigenvalue weighted by molar-refractivity contribution is 7.07. The van der Waals surface area contributed by atoms with Crippen LogP contribution in [0.5, 0.6) is 5.06 Å². The van der Waals surface area contributed by atoms with Gasteiger partial charge in [0.25, 0.3) is 0 Å². The zero-order valence-corrected chi connectivity index (χ0v) is 4.70. The van der Waals surface area contributed by atoms with E-state index in [1.807, 2.05) is 6.92 Å². The summed E-state index contributed by atoms with van der Waals surface area (Å²) in [5.74, 6) is 0.